The molecule has 0 aliphatic carbocycles. The highest BCUT2D eigenvalue weighted by atomic mass is 17.1. The molecule has 1 aliphatic heterocycles. The largest absolute Gasteiger partial charge is 0.364 e. The number of benzene rings is 1. The minimum absolute atomic E-state index is 0.245. The predicted molar refractivity (Wildman–Crippen MR) is 55.1 cm³/mol. The van der Waals surface area contributed by atoms with Crippen molar-refractivity contribution in [1.82, 2.24) is 4.90 Å². The second kappa shape index (κ2) is 3.99. The fraction of sp³-hybridized carbons (Fsp3) is 0.182. The third kappa shape index (κ3) is 1.58. The van der Waals surface area contributed by atoms with E-state index in [1.165, 1.54) is 19.1 Å². The van der Waals surface area contributed by atoms with Crippen molar-refractivity contribution in [3.63, 3.8) is 0 Å². The third-order valence-corrected chi connectivity index (χ3v) is 2.64. The monoisotopic (exact) mass is 235 g/mol. The van der Waals surface area contributed by atoms with Crippen LogP contribution in [0.5, 0.6) is 0 Å². The third-order valence-electron chi connectivity index (χ3n) is 2.64. The Balaban J connectivity index is 2.40. The van der Waals surface area contributed by atoms with Crippen LogP contribution >= 0.6 is 0 Å². The first kappa shape index (κ1) is 11.3. The number of hydrogen-bond acceptors (Lipinski definition) is 5. The topological polar surface area (TPSA) is 83.9 Å². The van der Waals surface area contributed by atoms with E-state index in [0.717, 1.165) is 4.90 Å². The van der Waals surface area contributed by atoms with Crippen LogP contribution in [0.4, 0.5) is 0 Å². The average Bonchev–Trinajstić information content (AvgIpc) is 2.61. The fourth-order valence-electron chi connectivity index (χ4n) is 1.74. The van der Waals surface area contributed by atoms with E-state index >= 15 is 0 Å². The van der Waals surface area contributed by atoms with Crippen LogP contribution in [-0.2, 0) is 9.68 Å². The maximum absolute atomic E-state index is 11.9. The summed E-state index contributed by atoms with van der Waals surface area (Å²) in [5.74, 6) is -2.19. The number of nitrogens with zero attached hydrogens (tertiary/aromatic N) is 1. The first-order chi connectivity index (χ1) is 8.07. The van der Waals surface area contributed by atoms with Gasteiger partial charge in [0.1, 0.15) is 6.04 Å². The quantitative estimate of drug-likeness (QED) is 0.463. The van der Waals surface area contributed by atoms with Crippen LogP contribution in [0.15, 0.2) is 24.3 Å². The van der Waals surface area contributed by atoms with Gasteiger partial charge in [0.15, 0.2) is 0 Å². The van der Waals surface area contributed by atoms with Gasteiger partial charge in [0.05, 0.1) is 11.1 Å². The second-order valence-corrected chi connectivity index (χ2v) is 3.61. The molecule has 17 heavy (non-hydrogen) atoms. The molecule has 1 atom stereocenters. The average molecular weight is 235 g/mol. The molecule has 6 nitrogen and oxygen atoms in total. The van der Waals surface area contributed by atoms with Crippen LogP contribution in [0.3, 0.4) is 0 Å². The van der Waals surface area contributed by atoms with Crippen molar-refractivity contribution in [2.75, 3.05) is 0 Å². The van der Waals surface area contributed by atoms with Gasteiger partial charge in [0.25, 0.3) is 11.8 Å². The summed E-state index contributed by atoms with van der Waals surface area (Å²) in [6, 6.07) is 5.11. The van der Waals surface area contributed by atoms with Gasteiger partial charge >= 0.3 is 5.97 Å². The van der Waals surface area contributed by atoms with Gasteiger partial charge in [-0.3, -0.25) is 19.4 Å². The van der Waals surface area contributed by atoms with Gasteiger partial charge in [-0.25, -0.2) is 4.79 Å². The molecule has 6 heteroatoms. The number of imide groups is 1. The SMILES string of the molecule is CC(C(=O)OO)N1C(=O)c2ccccc2C1=O. The van der Waals surface area contributed by atoms with E-state index in [1.54, 1.807) is 12.1 Å². The van der Waals surface area contributed by atoms with E-state index in [-0.39, 0.29) is 11.1 Å². The first-order valence-electron chi connectivity index (χ1n) is 4.90. The van der Waals surface area contributed by atoms with Crippen molar-refractivity contribution >= 4 is 17.8 Å². The maximum Gasteiger partial charge on any atom is 0.364 e. The summed E-state index contributed by atoms with van der Waals surface area (Å²) in [4.78, 5) is 39.2. The molecule has 0 aromatic heterocycles. The zero-order valence-electron chi connectivity index (χ0n) is 8.91. The molecule has 1 N–H and O–H groups in total. The van der Waals surface area contributed by atoms with Crippen molar-refractivity contribution in [1.29, 1.82) is 0 Å². The number of rotatable bonds is 2. The molecule has 2 amide bonds. The van der Waals surface area contributed by atoms with Crippen LogP contribution in [0, 0.1) is 0 Å². The van der Waals surface area contributed by atoms with Gasteiger partial charge in [0, 0.05) is 0 Å². The summed E-state index contributed by atoms with van der Waals surface area (Å²) < 4.78 is 0. The summed E-state index contributed by atoms with van der Waals surface area (Å²) in [6.45, 7) is 1.31. The van der Waals surface area contributed by atoms with Crippen molar-refractivity contribution in [3.05, 3.63) is 35.4 Å². The summed E-state index contributed by atoms with van der Waals surface area (Å²) in [7, 11) is 0. The summed E-state index contributed by atoms with van der Waals surface area (Å²) >= 11 is 0. The fourth-order valence-corrected chi connectivity index (χ4v) is 1.74. The minimum atomic E-state index is -1.16. The number of carbonyl (C=O) groups is 3. The lowest BCUT2D eigenvalue weighted by atomic mass is 10.1. The highest BCUT2D eigenvalue weighted by molar-refractivity contribution is 6.22. The van der Waals surface area contributed by atoms with E-state index in [9.17, 15) is 14.4 Å². The molecule has 0 fully saturated rings. The predicted octanol–water partition coefficient (Wildman–Crippen LogP) is 0.687. The van der Waals surface area contributed by atoms with Crippen LogP contribution < -0.4 is 0 Å². The Morgan fingerprint density at radius 1 is 1.24 bits per heavy atom. The number of amides is 2. The molecule has 0 saturated heterocycles. The molecule has 0 saturated carbocycles. The zero-order valence-corrected chi connectivity index (χ0v) is 8.91. The number of fused-ring (bicyclic) bond motifs is 1. The van der Waals surface area contributed by atoms with Gasteiger partial charge in [-0.05, 0) is 19.1 Å². The van der Waals surface area contributed by atoms with Crippen LogP contribution in [0.1, 0.15) is 27.6 Å². The van der Waals surface area contributed by atoms with Crippen molar-refractivity contribution in [2.45, 2.75) is 13.0 Å². The first-order valence-corrected chi connectivity index (χ1v) is 4.90. The lowest BCUT2D eigenvalue weighted by Crippen LogP contribution is -2.43. The van der Waals surface area contributed by atoms with E-state index in [1.807, 2.05) is 0 Å². The summed E-state index contributed by atoms with van der Waals surface area (Å²) in [5, 5.41) is 8.26. The van der Waals surface area contributed by atoms with E-state index < -0.39 is 23.8 Å². The van der Waals surface area contributed by atoms with Gasteiger partial charge < -0.3 is 0 Å². The Morgan fingerprint density at radius 3 is 2.12 bits per heavy atom. The van der Waals surface area contributed by atoms with Crippen LogP contribution in [-0.4, -0.2) is 34.0 Å². The molecule has 0 radical (unpaired) electrons. The Hall–Kier alpha value is -2.21. The standard InChI is InChI=1S/C11H9NO5/c1-6(11(15)17-16)12-9(13)7-4-2-3-5-8(7)10(12)14/h2-6,16H,1H3. The molecular weight excluding hydrogens is 226 g/mol. The Bertz CT molecular complexity index is 475. The van der Waals surface area contributed by atoms with Gasteiger partial charge in [0.2, 0.25) is 0 Å². The Labute approximate surface area is 96.3 Å². The number of carbonyl (C=O) groups excluding carboxylic acids is 3. The highest BCUT2D eigenvalue weighted by Crippen LogP contribution is 2.24. The second-order valence-electron chi connectivity index (χ2n) is 3.61. The van der Waals surface area contributed by atoms with Gasteiger partial charge in [-0.2, -0.15) is 5.26 Å². The molecule has 1 aliphatic rings. The number of hydrogen-bond donors (Lipinski definition) is 1. The molecular formula is C11H9NO5. The van der Waals surface area contributed by atoms with E-state index in [0.29, 0.717) is 0 Å². The lowest BCUT2D eigenvalue weighted by Gasteiger charge is -2.18. The van der Waals surface area contributed by atoms with E-state index in [2.05, 4.69) is 4.89 Å². The minimum Gasteiger partial charge on any atom is -0.299 e. The zero-order chi connectivity index (χ0) is 12.6. The van der Waals surface area contributed by atoms with Gasteiger partial charge in [-0.1, -0.05) is 12.1 Å². The van der Waals surface area contributed by atoms with Crippen LogP contribution in [0.2, 0.25) is 0 Å². The van der Waals surface area contributed by atoms with Crippen molar-refractivity contribution in [2.24, 2.45) is 0 Å². The highest BCUT2D eigenvalue weighted by Gasteiger charge is 2.41. The molecule has 88 valence electrons. The molecule has 1 aromatic rings. The molecule has 1 heterocycles. The molecule has 0 spiro atoms. The smallest absolute Gasteiger partial charge is 0.299 e. The summed E-state index contributed by atoms with van der Waals surface area (Å²) in [6.07, 6.45) is 0. The van der Waals surface area contributed by atoms with Gasteiger partial charge in [-0.15, -0.1) is 0 Å². The molecule has 1 aromatic carbocycles. The van der Waals surface area contributed by atoms with E-state index in [4.69, 9.17) is 5.26 Å². The maximum atomic E-state index is 11.9. The Kier molecular flexibility index (Phi) is 2.64. The normalized spacial score (nSPS) is 15.8. The molecule has 1 unspecified atom stereocenters. The van der Waals surface area contributed by atoms with Crippen molar-refractivity contribution < 1.29 is 24.5 Å². The van der Waals surface area contributed by atoms with Crippen molar-refractivity contribution in [3.8, 4) is 0 Å². The van der Waals surface area contributed by atoms with Crippen LogP contribution in [0.25, 0.3) is 0 Å². The molecule has 2 rings (SSSR count). The Morgan fingerprint density at radius 2 is 1.71 bits per heavy atom. The molecule has 0 bridgehead atoms. The lowest BCUT2D eigenvalue weighted by molar-refractivity contribution is -0.237. The summed E-state index contributed by atoms with van der Waals surface area (Å²) in [5.41, 5.74) is 0.491.